The minimum Gasteiger partial charge on any atom is -0.258 e. The summed E-state index contributed by atoms with van der Waals surface area (Å²) >= 11 is 0. The van der Waals surface area contributed by atoms with Crippen molar-refractivity contribution in [2.45, 2.75) is 6.92 Å². The second-order valence-corrected chi connectivity index (χ2v) is 2.82. The van der Waals surface area contributed by atoms with Crippen LogP contribution in [0.25, 0.3) is 5.57 Å². The summed E-state index contributed by atoms with van der Waals surface area (Å²) in [5, 5.41) is 10.3. The summed E-state index contributed by atoms with van der Waals surface area (Å²) in [5.74, 6) is -2.03. The monoisotopic (exact) mass is 199 g/mol. The zero-order valence-corrected chi connectivity index (χ0v) is 7.38. The Hall–Kier alpha value is -1.78. The second-order valence-electron chi connectivity index (χ2n) is 2.82. The molecule has 0 fully saturated rings. The highest BCUT2D eigenvalue weighted by Gasteiger charge is 2.18. The average Bonchev–Trinajstić information content (AvgIpc) is 2.02. The molecule has 0 amide bonds. The first-order chi connectivity index (χ1) is 6.43. The Morgan fingerprint density at radius 2 is 2.00 bits per heavy atom. The molecule has 0 heterocycles. The molecule has 74 valence electrons. The van der Waals surface area contributed by atoms with Crippen LogP contribution in [0.15, 0.2) is 18.7 Å². The zero-order chi connectivity index (χ0) is 10.9. The Kier molecular flexibility index (Phi) is 2.60. The summed E-state index contributed by atoms with van der Waals surface area (Å²) in [4.78, 5) is 9.42. The van der Waals surface area contributed by atoms with Gasteiger partial charge in [-0.2, -0.15) is 4.39 Å². The number of allylic oxidation sites excluding steroid dienone is 1. The van der Waals surface area contributed by atoms with Crippen LogP contribution >= 0.6 is 0 Å². The molecule has 1 aromatic rings. The molecule has 0 saturated carbocycles. The van der Waals surface area contributed by atoms with Crippen LogP contribution in [0.3, 0.4) is 0 Å². The SMILES string of the molecule is C=C(C)c1cc([N+](=O)[O-])c(F)cc1F. The molecule has 5 heteroatoms. The normalized spacial score (nSPS) is 9.93. The van der Waals surface area contributed by atoms with Crippen LogP contribution in [0.5, 0.6) is 0 Å². The van der Waals surface area contributed by atoms with Crippen molar-refractivity contribution in [3.8, 4) is 0 Å². The standard InChI is InChI=1S/C9H7F2NO2/c1-5(2)6-3-9(12(13)14)8(11)4-7(6)10/h3-4H,1H2,2H3. The number of rotatable bonds is 2. The Morgan fingerprint density at radius 3 is 2.43 bits per heavy atom. The van der Waals surface area contributed by atoms with Crippen LogP contribution in [-0.2, 0) is 0 Å². The van der Waals surface area contributed by atoms with Gasteiger partial charge in [0.1, 0.15) is 5.82 Å². The molecular formula is C9H7F2NO2. The molecule has 0 spiro atoms. The molecular weight excluding hydrogens is 192 g/mol. The van der Waals surface area contributed by atoms with Gasteiger partial charge in [-0.3, -0.25) is 10.1 Å². The molecule has 0 saturated heterocycles. The van der Waals surface area contributed by atoms with Gasteiger partial charge in [-0.15, -0.1) is 0 Å². The van der Waals surface area contributed by atoms with E-state index in [0.29, 0.717) is 11.6 Å². The molecule has 0 aliphatic heterocycles. The van der Waals surface area contributed by atoms with E-state index >= 15 is 0 Å². The molecule has 0 aliphatic carbocycles. The summed E-state index contributed by atoms with van der Waals surface area (Å²) < 4.78 is 25.9. The van der Waals surface area contributed by atoms with Crippen LogP contribution in [-0.4, -0.2) is 4.92 Å². The quantitative estimate of drug-likeness (QED) is 0.542. The lowest BCUT2D eigenvalue weighted by Gasteiger charge is -2.02. The first kappa shape index (κ1) is 10.3. The van der Waals surface area contributed by atoms with Gasteiger partial charge in [-0.25, -0.2) is 4.39 Å². The fourth-order valence-corrected chi connectivity index (χ4v) is 1.00. The van der Waals surface area contributed by atoms with Crippen LogP contribution in [0.1, 0.15) is 12.5 Å². The summed E-state index contributed by atoms with van der Waals surface area (Å²) in [6.07, 6.45) is 0. The molecule has 3 nitrogen and oxygen atoms in total. The third kappa shape index (κ3) is 1.76. The summed E-state index contributed by atoms with van der Waals surface area (Å²) in [6, 6.07) is 1.33. The van der Waals surface area contributed by atoms with Gasteiger partial charge in [0, 0.05) is 17.7 Å². The summed E-state index contributed by atoms with van der Waals surface area (Å²) in [5.41, 5.74) is -0.479. The van der Waals surface area contributed by atoms with Crippen molar-refractivity contribution in [1.29, 1.82) is 0 Å². The highest BCUT2D eigenvalue weighted by Crippen LogP contribution is 2.25. The number of nitro benzene ring substituents is 1. The Labute approximate surface area is 78.8 Å². The fraction of sp³-hybridized carbons (Fsp3) is 0.111. The lowest BCUT2D eigenvalue weighted by atomic mass is 10.1. The van der Waals surface area contributed by atoms with Crippen LogP contribution in [0.4, 0.5) is 14.5 Å². The Morgan fingerprint density at radius 1 is 1.43 bits per heavy atom. The van der Waals surface area contributed by atoms with E-state index in [0.717, 1.165) is 6.07 Å². The van der Waals surface area contributed by atoms with Gasteiger partial charge in [-0.1, -0.05) is 6.58 Å². The number of benzene rings is 1. The van der Waals surface area contributed by atoms with Crippen molar-refractivity contribution in [1.82, 2.24) is 0 Å². The largest absolute Gasteiger partial charge is 0.305 e. The number of hydrogen-bond acceptors (Lipinski definition) is 2. The third-order valence-corrected chi connectivity index (χ3v) is 1.69. The number of nitrogens with zero attached hydrogens (tertiary/aromatic N) is 1. The van der Waals surface area contributed by atoms with Crippen molar-refractivity contribution in [3.63, 3.8) is 0 Å². The van der Waals surface area contributed by atoms with Crippen LogP contribution in [0.2, 0.25) is 0 Å². The maximum atomic E-state index is 13.0. The van der Waals surface area contributed by atoms with E-state index < -0.39 is 22.2 Å². The van der Waals surface area contributed by atoms with Gasteiger partial charge in [0.15, 0.2) is 0 Å². The molecule has 0 aliphatic rings. The van der Waals surface area contributed by atoms with E-state index in [-0.39, 0.29) is 5.56 Å². The molecule has 1 aromatic carbocycles. The third-order valence-electron chi connectivity index (χ3n) is 1.69. The highest BCUT2D eigenvalue weighted by atomic mass is 19.1. The molecule has 0 radical (unpaired) electrons. The lowest BCUT2D eigenvalue weighted by molar-refractivity contribution is -0.387. The van der Waals surface area contributed by atoms with E-state index in [2.05, 4.69) is 6.58 Å². The van der Waals surface area contributed by atoms with E-state index in [1.54, 1.807) is 0 Å². The Bertz CT molecular complexity index is 380. The van der Waals surface area contributed by atoms with Crippen LogP contribution in [0, 0.1) is 21.7 Å². The van der Waals surface area contributed by atoms with Crippen molar-refractivity contribution < 1.29 is 13.7 Å². The van der Waals surface area contributed by atoms with Crippen molar-refractivity contribution in [3.05, 3.63) is 46.0 Å². The number of hydrogen-bond donors (Lipinski definition) is 0. The molecule has 0 unspecified atom stereocenters. The maximum absolute atomic E-state index is 13.0. The molecule has 0 aromatic heterocycles. The second kappa shape index (κ2) is 3.53. The van der Waals surface area contributed by atoms with E-state index in [4.69, 9.17) is 0 Å². The molecule has 0 bridgehead atoms. The van der Waals surface area contributed by atoms with Gasteiger partial charge in [-0.05, 0) is 12.5 Å². The van der Waals surface area contributed by atoms with Gasteiger partial charge >= 0.3 is 5.69 Å². The molecule has 0 N–H and O–H groups in total. The first-order valence-corrected chi connectivity index (χ1v) is 3.72. The number of halogens is 2. The van der Waals surface area contributed by atoms with E-state index in [9.17, 15) is 18.9 Å². The number of nitro groups is 1. The van der Waals surface area contributed by atoms with Gasteiger partial charge in [0.05, 0.1) is 4.92 Å². The topological polar surface area (TPSA) is 43.1 Å². The fourth-order valence-electron chi connectivity index (χ4n) is 1.00. The van der Waals surface area contributed by atoms with Crippen LogP contribution < -0.4 is 0 Å². The minimum atomic E-state index is -1.18. The molecule has 1 rings (SSSR count). The summed E-state index contributed by atoms with van der Waals surface area (Å²) in [6.45, 7) is 4.92. The highest BCUT2D eigenvalue weighted by molar-refractivity contribution is 5.64. The van der Waals surface area contributed by atoms with Crippen molar-refractivity contribution in [2.75, 3.05) is 0 Å². The van der Waals surface area contributed by atoms with Crippen molar-refractivity contribution in [2.24, 2.45) is 0 Å². The Balaban J connectivity index is 3.42. The predicted molar refractivity (Wildman–Crippen MR) is 47.7 cm³/mol. The average molecular weight is 199 g/mol. The predicted octanol–water partition coefficient (Wildman–Crippen LogP) is 2.91. The lowest BCUT2D eigenvalue weighted by Crippen LogP contribution is -1.96. The molecule has 14 heavy (non-hydrogen) atoms. The summed E-state index contributed by atoms with van der Waals surface area (Å²) in [7, 11) is 0. The zero-order valence-electron chi connectivity index (χ0n) is 7.38. The van der Waals surface area contributed by atoms with E-state index in [1.165, 1.54) is 6.92 Å². The minimum absolute atomic E-state index is 0.0434. The van der Waals surface area contributed by atoms with Crippen molar-refractivity contribution >= 4 is 11.3 Å². The van der Waals surface area contributed by atoms with Gasteiger partial charge in [0.2, 0.25) is 5.82 Å². The molecule has 0 atom stereocenters. The smallest absolute Gasteiger partial charge is 0.258 e. The first-order valence-electron chi connectivity index (χ1n) is 3.72. The van der Waals surface area contributed by atoms with Gasteiger partial charge < -0.3 is 0 Å². The van der Waals surface area contributed by atoms with Gasteiger partial charge in [0.25, 0.3) is 0 Å². The van der Waals surface area contributed by atoms with E-state index in [1.807, 2.05) is 0 Å². The maximum Gasteiger partial charge on any atom is 0.305 e.